The molecule has 1 aliphatic heterocycles. The first-order chi connectivity index (χ1) is 12.0. The number of amides is 1. The lowest BCUT2D eigenvalue weighted by Crippen LogP contribution is -2.36. The number of likely N-dealkylation sites (tertiary alicyclic amines) is 1. The largest absolute Gasteiger partial charge is 0.388 e. The molecule has 1 aromatic carbocycles. The van der Waals surface area contributed by atoms with E-state index in [4.69, 9.17) is 0 Å². The van der Waals surface area contributed by atoms with E-state index in [1.165, 1.54) is 12.1 Å². The molecule has 1 fully saturated rings. The zero-order chi connectivity index (χ0) is 18.0. The van der Waals surface area contributed by atoms with Crippen molar-refractivity contribution in [3.05, 3.63) is 53.9 Å². The van der Waals surface area contributed by atoms with Gasteiger partial charge >= 0.3 is 0 Å². The van der Waals surface area contributed by atoms with E-state index < -0.39 is 6.10 Å². The van der Waals surface area contributed by atoms with Gasteiger partial charge < -0.3 is 14.6 Å². The maximum Gasteiger partial charge on any atom is 0.274 e. The predicted molar refractivity (Wildman–Crippen MR) is 92.6 cm³/mol. The first-order valence-corrected chi connectivity index (χ1v) is 8.73. The Labute approximate surface area is 147 Å². The van der Waals surface area contributed by atoms with E-state index >= 15 is 0 Å². The van der Waals surface area contributed by atoms with Gasteiger partial charge in [0, 0.05) is 24.8 Å². The van der Waals surface area contributed by atoms with Gasteiger partial charge in [-0.05, 0) is 50.8 Å². The number of aliphatic hydroxyl groups is 1. The molecule has 0 bridgehead atoms. The molecule has 0 aliphatic carbocycles. The minimum absolute atomic E-state index is 0.0308. The molecule has 134 valence electrons. The number of imidazole rings is 1. The van der Waals surface area contributed by atoms with Gasteiger partial charge in [-0.15, -0.1) is 0 Å². The summed E-state index contributed by atoms with van der Waals surface area (Å²) in [6.07, 6.45) is 4.95. The van der Waals surface area contributed by atoms with Gasteiger partial charge in [0.25, 0.3) is 5.91 Å². The van der Waals surface area contributed by atoms with Gasteiger partial charge in [-0.1, -0.05) is 12.1 Å². The van der Waals surface area contributed by atoms with Crippen LogP contribution in [0.25, 0.3) is 0 Å². The standard InChI is InChI=1S/C19H24FN3O2/c1-13(2)22-11-17(21-12-22)19(25)23-9-3-4-16(23)10-18(24)14-5-7-15(20)8-6-14/h5-8,11-13,16,18,24H,3-4,9-10H2,1-2H3/t16-,18-/m1/s1. The zero-order valence-electron chi connectivity index (χ0n) is 14.6. The highest BCUT2D eigenvalue weighted by Crippen LogP contribution is 2.28. The van der Waals surface area contributed by atoms with Crippen molar-refractivity contribution in [3.8, 4) is 0 Å². The fourth-order valence-electron chi connectivity index (χ4n) is 3.30. The summed E-state index contributed by atoms with van der Waals surface area (Å²) >= 11 is 0. The lowest BCUT2D eigenvalue weighted by atomic mass is 10.0. The van der Waals surface area contributed by atoms with Crippen LogP contribution in [-0.2, 0) is 0 Å². The Morgan fingerprint density at radius 2 is 2.08 bits per heavy atom. The third-order valence-corrected chi connectivity index (χ3v) is 4.81. The average molecular weight is 345 g/mol. The van der Waals surface area contributed by atoms with Crippen LogP contribution in [0.4, 0.5) is 4.39 Å². The molecule has 2 atom stereocenters. The van der Waals surface area contributed by atoms with E-state index in [1.54, 1.807) is 29.6 Å². The van der Waals surface area contributed by atoms with Crippen LogP contribution in [0, 0.1) is 5.82 Å². The molecule has 1 saturated heterocycles. The highest BCUT2D eigenvalue weighted by Gasteiger charge is 2.32. The molecule has 0 saturated carbocycles. The summed E-state index contributed by atoms with van der Waals surface area (Å²) in [5.74, 6) is -0.414. The second-order valence-electron chi connectivity index (χ2n) is 6.90. The summed E-state index contributed by atoms with van der Waals surface area (Å²) in [6.45, 7) is 4.75. The van der Waals surface area contributed by atoms with Crippen molar-refractivity contribution in [2.24, 2.45) is 0 Å². The predicted octanol–water partition coefficient (Wildman–Crippen LogP) is 3.33. The van der Waals surface area contributed by atoms with Crippen LogP contribution < -0.4 is 0 Å². The number of nitrogens with zero attached hydrogens (tertiary/aromatic N) is 3. The Morgan fingerprint density at radius 1 is 1.36 bits per heavy atom. The van der Waals surface area contributed by atoms with Crippen LogP contribution in [0.1, 0.15) is 61.3 Å². The molecule has 0 spiro atoms. The lowest BCUT2D eigenvalue weighted by Gasteiger charge is -2.26. The van der Waals surface area contributed by atoms with Crippen LogP contribution in [0.2, 0.25) is 0 Å². The van der Waals surface area contributed by atoms with Crippen molar-refractivity contribution in [1.29, 1.82) is 0 Å². The Bertz CT molecular complexity index is 727. The normalized spacial score (nSPS) is 18.8. The van der Waals surface area contributed by atoms with E-state index in [0.29, 0.717) is 24.2 Å². The van der Waals surface area contributed by atoms with Gasteiger partial charge in [0.1, 0.15) is 11.5 Å². The quantitative estimate of drug-likeness (QED) is 0.904. The number of benzene rings is 1. The number of rotatable bonds is 5. The zero-order valence-corrected chi connectivity index (χ0v) is 14.6. The topological polar surface area (TPSA) is 58.4 Å². The minimum atomic E-state index is -0.716. The van der Waals surface area contributed by atoms with Crippen molar-refractivity contribution in [2.45, 2.75) is 51.3 Å². The van der Waals surface area contributed by atoms with E-state index in [1.807, 2.05) is 18.4 Å². The van der Waals surface area contributed by atoms with Crippen LogP contribution in [0.5, 0.6) is 0 Å². The molecular formula is C19H24FN3O2. The minimum Gasteiger partial charge on any atom is -0.388 e. The number of carbonyl (C=O) groups is 1. The molecular weight excluding hydrogens is 321 g/mol. The number of aromatic nitrogens is 2. The van der Waals surface area contributed by atoms with Gasteiger partial charge in [-0.2, -0.15) is 0 Å². The molecule has 1 amide bonds. The third kappa shape index (κ3) is 3.90. The lowest BCUT2D eigenvalue weighted by molar-refractivity contribution is 0.0662. The Balaban J connectivity index is 1.69. The Morgan fingerprint density at radius 3 is 2.72 bits per heavy atom. The first kappa shape index (κ1) is 17.6. The summed E-state index contributed by atoms with van der Waals surface area (Å²) < 4.78 is 14.9. The summed E-state index contributed by atoms with van der Waals surface area (Å²) in [4.78, 5) is 18.8. The monoisotopic (exact) mass is 345 g/mol. The van der Waals surface area contributed by atoms with E-state index in [2.05, 4.69) is 4.98 Å². The molecule has 0 unspecified atom stereocenters. The van der Waals surface area contributed by atoms with Crippen molar-refractivity contribution < 1.29 is 14.3 Å². The maximum absolute atomic E-state index is 13.0. The van der Waals surface area contributed by atoms with Crippen LogP contribution in [0.3, 0.4) is 0 Å². The summed E-state index contributed by atoms with van der Waals surface area (Å²) in [7, 11) is 0. The fraction of sp³-hybridized carbons (Fsp3) is 0.474. The molecule has 3 rings (SSSR count). The molecule has 2 heterocycles. The van der Waals surface area contributed by atoms with E-state index in [0.717, 1.165) is 12.8 Å². The van der Waals surface area contributed by atoms with Gasteiger partial charge in [-0.3, -0.25) is 4.79 Å². The van der Waals surface area contributed by atoms with Crippen LogP contribution >= 0.6 is 0 Å². The average Bonchev–Trinajstić information content (AvgIpc) is 3.24. The second-order valence-corrected chi connectivity index (χ2v) is 6.90. The molecule has 5 nitrogen and oxygen atoms in total. The van der Waals surface area contributed by atoms with E-state index in [-0.39, 0.29) is 23.8 Å². The molecule has 1 aliphatic rings. The maximum atomic E-state index is 13.0. The number of carbonyl (C=O) groups excluding carboxylic acids is 1. The molecule has 2 aromatic rings. The molecule has 25 heavy (non-hydrogen) atoms. The van der Waals surface area contributed by atoms with E-state index in [9.17, 15) is 14.3 Å². The van der Waals surface area contributed by atoms with Gasteiger partial charge in [0.15, 0.2) is 0 Å². The van der Waals surface area contributed by atoms with Gasteiger partial charge in [0.05, 0.1) is 12.4 Å². The first-order valence-electron chi connectivity index (χ1n) is 8.73. The number of hydrogen-bond acceptors (Lipinski definition) is 3. The van der Waals surface area contributed by atoms with Crippen molar-refractivity contribution in [2.75, 3.05) is 6.54 Å². The summed E-state index contributed by atoms with van der Waals surface area (Å²) in [5, 5.41) is 10.4. The highest BCUT2D eigenvalue weighted by molar-refractivity contribution is 5.92. The second kappa shape index (κ2) is 7.35. The highest BCUT2D eigenvalue weighted by atomic mass is 19.1. The van der Waals surface area contributed by atoms with Crippen LogP contribution in [-0.4, -0.2) is 38.1 Å². The molecule has 0 radical (unpaired) electrons. The summed E-state index contributed by atoms with van der Waals surface area (Å²) in [6, 6.07) is 6.08. The smallest absolute Gasteiger partial charge is 0.274 e. The van der Waals surface area contributed by atoms with Crippen molar-refractivity contribution in [3.63, 3.8) is 0 Å². The van der Waals surface area contributed by atoms with Gasteiger partial charge in [0.2, 0.25) is 0 Å². The van der Waals surface area contributed by atoms with Crippen molar-refractivity contribution in [1.82, 2.24) is 14.5 Å². The van der Waals surface area contributed by atoms with Crippen LogP contribution in [0.15, 0.2) is 36.8 Å². The number of hydrogen-bond donors (Lipinski definition) is 1. The molecule has 6 heteroatoms. The third-order valence-electron chi connectivity index (χ3n) is 4.81. The van der Waals surface area contributed by atoms with Gasteiger partial charge in [-0.25, -0.2) is 9.37 Å². The summed E-state index contributed by atoms with van der Waals surface area (Å²) in [5.41, 5.74) is 1.11. The number of halogens is 1. The Hall–Kier alpha value is -2.21. The number of aliphatic hydroxyl groups excluding tert-OH is 1. The molecule has 1 N–H and O–H groups in total. The van der Waals surface area contributed by atoms with Crippen molar-refractivity contribution >= 4 is 5.91 Å². The SMILES string of the molecule is CC(C)n1cnc(C(=O)N2CCC[C@@H]2C[C@@H](O)c2ccc(F)cc2)c1. The molecule has 1 aromatic heterocycles. The fourth-order valence-corrected chi connectivity index (χ4v) is 3.30. The Kier molecular flexibility index (Phi) is 5.18.